The largest absolute Gasteiger partial charge is 0.493 e. The highest BCUT2D eigenvalue weighted by molar-refractivity contribution is 5.71. The number of H-pyrrole nitrogens is 2. The van der Waals surface area contributed by atoms with Gasteiger partial charge in [-0.1, -0.05) is 18.2 Å². The minimum atomic E-state index is -0.523. The van der Waals surface area contributed by atoms with E-state index in [0.29, 0.717) is 30.1 Å². The number of esters is 1. The molecule has 1 aliphatic heterocycles. The molecule has 0 amide bonds. The molecule has 1 aliphatic rings. The molecule has 2 aromatic carbocycles. The summed E-state index contributed by atoms with van der Waals surface area (Å²) in [6, 6.07) is 11.4. The third-order valence-electron chi connectivity index (χ3n) is 5.79. The van der Waals surface area contributed by atoms with Crippen molar-refractivity contribution in [1.82, 2.24) is 10.2 Å². The second-order valence-corrected chi connectivity index (χ2v) is 7.64. The lowest BCUT2D eigenvalue weighted by atomic mass is 9.87. The molecule has 8 heteroatoms. The zero-order valence-electron chi connectivity index (χ0n) is 18.3. The van der Waals surface area contributed by atoms with Crippen molar-refractivity contribution in [3.63, 3.8) is 0 Å². The van der Waals surface area contributed by atoms with Crippen molar-refractivity contribution in [3.8, 4) is 17.2 Å². The fourth-order valence-electron chi connectivity index (χ4n) is 4.17. The molecule has 0 bridgehead atoms. The summed E-state index contributed by atoms with van der Waals surface area (Å²) in [5.41, 5.74) is 3.91. The zero-order chi connectivity index (χ0) is 22.7. The molecule has 0 saturated carbocycles. The first-order chi connectivity index (χ1) is 15.5. The van der Waals surface area contributed by atoms with Gasteiger partial charge in [0, 0.05) is 30.0 Å². The van der Waals surface area contributed by atoms with Crippen molar-refractivity contribution in [2.75, 3.05) is 27.9 Å². The van der Waals surface area contributed by atoms with Gasteiger partial charge in [0.1, 0.15) is 5.75 Å². The second-order valence-electron chi connectivity index (χ2n) is 7.64. The van der Waals surface area contributed by atoms with E-state index < -0.39 is 11.9 Å². The molecule has 0 saturated heterocycles. The van der Waals surface area contributed by atoms with E-state index in [1.54, 1.807) is 26.4 Å². The van der Waals surface area contributed by atoms with Crippen LogP contribution >= 0.6 is 0 Å². The van der Waals surface area contributed by atoms with Gasteiger partial charge < -0.3 is 24.0 Å². The van der Waals surface area contributed by atoms with Crippen LogP contribution in [0.5, 0.6) is 17.2 Å². The van der Waals surface area contributed by atoms with Crippen LogP contribution in [-0.4, -0.2) is 44.1 Å². The molecule has 1 aromatic heterocycles. The lowest BCUT2D eigenvalue weighted by Gasteiger charge is -2.18. The SMILES string of the molecule is COC(=O)CC(c1ccc(OC)c(OC)c1)c1c(Cc2ccc3c(c2)CCO3)[nH][nH]c1=O. The minimum absolute atomic E-state index is 0.0118. The van der Waals surface area contributed by atoms with Crippen molar-refractivity contribution in [2.45, 2.75) is 25.2 Å². The Morgan fingerprint density at radius 3 is 2.62 bits per heavy atom. The molecule has 3 aromatic rings. The van der Waals surface area contributed by atoms with Crippen LogP contribution in [0.1, 0.15) is 40.3 Å². The average Bonchev–Trinajstić information content (AvgIpc) is 3.43. The molecular formula is C24H26N2O6. The molecule has 1 atom stereocenters. The molecule has 4 rings (SSSR count). The van der Waals surface area contributed by atoms with E-state index >= 15 is 0 Å². The van der Waals surface area contributed by atoms with Gasteiger partial charge in [-0.25, -0.2) is 0 Å². The Kier molecular flexibility index (Phi) is 6.20. The molecule has 0 aliphatic carbocycles. The van der Waals surface area contributed by atoms with E-state index in [9.17, 15) is 9.59 Å². The monoisotopic (exact) mass is 438 g/mol. The number of carbonyl (C=O) groups is 1. The van der Waals surface area contributed by atoms with Gasteiger partial charge >= 0.3 is 5.97 Å². The maximum atomic E-state index is 12.9. The maximum Gasteiger partial charge on any atom is 0.306 e. The van der Waals surface area contributed by atoms with E-state index in [2.05, 4.69) is 16.3 Å². The third kappa shape index (κ3) is 4.21. The van der Waals surface area contributed by atoms with E-state index in [1.165, 1.54) is 7.11 Å². The van der Waals surface area contributed by atoms with Gasteiger partial charge in [-0.3, -0.25) is 14.7 Å². The van der Waals surface area contributed by atoms with Crippen LogP contribution in [0.25, 0.3) is 0 Å². The first-order valence-corrected chi connectivity index (χ1v) is 10.4. The van der Waals surface area contributed by atoms with E-state index in [4.69, 9.17) is 18.9 Å². The number of hydrogen-bond donors (Lipinski definition) is 2. The van der Waals surface area contributed by atoms with E-state index in [1.807, 2.05) is 18.2 Å². The number of ether oxygens (including phenoxy) is 4. The first-order valence-electron chi connectivity index (χ1n) is 10.4. The Morgan fingerprint density at radius 1 is 1.06 bits per heavy atom. The second kappa shape index (κ2) is 9.21. The summed E-state index contributed by atoms with van der Waals surface area (Å²) in [6.07, 6.45) is 1.39. The quantitative estimate of drug-likeness (QED) is 0.524. The topological polar surface area (TPSA) is 103 Å². The Bertz CT molecular complexity index is 1180. The van der Waals surface area contributed by atoms with Crippen molar-refractivity contribution in [1.29, 1.82) is 0 Å². The van der Waals surface area contributed by atoms with Crippen LogP contribution < -0.4 is 19.8 Å². The smallest absolute Gasteiger partial charge is 0.306 e. The lowest BCUT2D eigenvalue weighted by Crippen LogP contribution is -2.18. The number of rotatable bonds is 8. The van der Waals surface area contributed by atoms with Gasteiger partial charge in [0.05, 0.1) is 34.4 Å². The summed E-state index contributed by atoms with van der Waals surface area (Å²) < 4.78 is 21.3. The molecule has 2 N–H and O–H groups in total. The molecule has 168 valence electrons. The summed E-state index contributed by atoms with van der Waals surface area (Å²) in [4.78, 5) is 25.1. The molecule has 8 nitrogen and oxygen atoms in total. The van der Waals surface area contributed by atoms with Crippen LogP contribution in [0.3, 0.4) is 0 Å². The van der Waals surface area contributed by atoms with Crippen LogP contribution in [0.4, 0.5) is 0 Å². The van der Waals surface area contributed by atoms with Gasteiger partial charge in [0.25, 0.3) is 5.56 Å². The Morgan fingerprint density at radius 2 is 1.88 bits per heavy atom. The standard InChI is InChI=1S/C24H26N2O6/c1-29-20-7-5-15(12-21(20)30-2)17(13-22(27)31-3)23-18(25-26-24(23)28)11-14-4-6-19-16(10-14)8-9-32-19/h4-7,10,12,17H,8-9,11,13H2,1-3H3,(H2,25,26,28). The van der Waals surface area contributed by atoms with Gasteiger partial charge in [0.2, 0.25) is 0 Å². The summed E-state index contributed by atoms with van der Waals surface area (Å²) in [5.74, 6) is 1.06. The van der Waals surface area contributed by atoms with Crippen LogP contribution in [0, 0.1) is 0 Å². The number of carbonyl (C=O) groups excluding carboxylic acids is 1. The Balaban J connectivity index is 1.74. The Hall–Kier alpha value is -3.68. The molecule has 2 heterocycles. The average molecular weight is 438 g/mol. The Labute approximate surface area is 185 Å². The van der Waals surface area contributed by atoms with Crippen LogP contribution in [-0.2, 0) is 22.4 Å². The van der Waals surface area contributed by atoms with Crippen molar-refractivity contribution < 1.29 is 23.7 Å². The highest BCUT2D eigenvalue weighted by atomic mass is 16.5. The summed E-state index contributed by atoms with van der Waals surface area (Å²) in [5, 5.41) is 5.70. The van der Waals surface area contributed by atoms with Crippen molar-refractivity contribution >= 4 is 5.97 Å². The highest BCUT2D eigenvalue weighted by Gasteiger charge is 2.27. The fraction of sp³-hybridized carbons (Fsp3) is 0.333. The van der Waals surface area contributed by atoms with E-state index in [-0.39, 0.29) is 12.0 Å². The molecule has 0 spiro atoms. The highest BCUT2D eigenvalue weighted by Crippen LogP contribution is 2.36. The maximum absolute atomic E-state index is 12.9. The number of nitrogens with one attached hydrogen (secondary N) is 2. The first kappa shape index (κ1) is 21.5. The number of fused-ring (bicyclic) bond motifs is 1. The van der Waals surface area contributed by atoms with Crippen LogP contribution in [0.2, 0.25) is 0 Å². The molecular weight excluding hydrogens is 412 g/mol. The third-order valence-corrected chi connectivity index (χ3v) is 5.79. The number of methoxy groups -OCH3 is 3. The molecule has 32 heavy (non-hydrogen) atoms. The predicted octanol–water partition coefficient (Wildman–Crippen LogP) is 2.94. The predicted molar refractivity (Wildman–Crippen MR) is 118 cm³/mol. The van der Waals surface area contributed by atoms with Gasteiger partial charge in [-0.05, 0) is 34.9 Å². The molecule has 0 fully saturated rings. The summed E-state index contributed by atoms with van der Waals surface area (Å²) in [7, 11) is 4.44. The van der Waals surface area contributed by atoms with Gasteiger partial charge in [0.15, 0.2) is 11.5 Å². The number of benzene rings is 2. The minimum Gasteiger partial charge on any atom is -0.493 e. The number of hydrogen-bond acceptors (Lipinski definition) is 6. The van der Waals surface area contributed by atoms with Gasteiger partial charge in [-0.2, -0.15) is 0 Å². The van der Waals surface area contributed by atoms with Crippen molar-refractivity contribution in [2.24, 2.45) is 0 Å². The molecule has 1 unspecified atom stereocenters. The van der Waals surface area contributed by atoms with Crippen molar-refractivity contribution in [3.05, 3.63) is 74.7 Å². The number of aromatic nitrogens is 2. The van der Waals surface area contributed by atoms with E-state index in [0.717, 1.165) is 34.6 Å². The fourth-order valence-corrected chi connectivity index (χ4v) is 4.17. The van der Waals surface area contributed by atoms with Crippen LogP contribution in [0.15, 0.2) is 41.2 Å². The van der Waals surface area contributed by atoms with Gasteiger partial charge in [-0.15, -0.1) is 0 Å². The normalized spacial score (nSPS) is 13.2. The summed E-state index contributed by atoms with van der Waals surface area (Å²) >= 11 is 0. The lowest BCUT2D eigenvalue weighted by molar-refractivity contribution is -0.140. The summed E-state index contributed by atoms with van der Waals surface area (Å²) in [6.45, 7) is 0.686. The molecule has 0 radical (unpaired) electrons. The zero-order valence-corrected chi connectivity index (χ0v) is 18.3. The number of aromatic amines is 2.